The van der Waals surface area contributed by atoms with Crippen LogP contribution in [0.5, 0.6) is 5.75 Å². The lowest BCUT2D eigenvalue weighted by Gasteiger charge is -2.05. The van der Waals surface area contributed by atoms with Gasteiger partial charge in [0.25, 0.3) is 5.69 Å². The van der Waals surface area contributed by atoms with Crippen molar-refractivity contribution in [2.75, 3.05) is 6.61 Å². The summed E-state index contributed by atoms with van der Waals surface area (Å²) in [6.45, 7) is 3.95. The van der Waals surface area contributed by atoms with Crippen molar-refractivity contribution in [3.63, 3.8) is 0 Å². The normalized spacial score (nSPS) is 9.67. The minimum Gasteiger partial charge on any atom is -0.491 e. The number of benzene rings is 1. The molecule has 80 valence electrons. The van der Waals surface area contributed by atoms with Crippen LogP contribution in [0.4, 0.5) is 5.69 Å². The lowest BCUT2D eigenvalue weighted by atomic mass is 10.3. The van der Waals surface area contributed by atoms with Crippen LogP contribution in [0.15, 0.2) is 30.9 Å². The Morgan fingerprint density at radius 3 is 2.93 bits per heavy atom. The van der Waals surface area contributed by atoms with E-state index in [4.69, 9.17) is 16.3 Å². The highest BCUT2D eigenvalue weighted by Gasteiger charge is 2.10. The summed E-state index contributed by atoms with van der Waals surface area (Å²) in [5.41, 5.74) is -0.0343. The molecule has 1 aromatic carbocycles. The first-order chi connectivity index (χ1) is 7.15. The molecule has 0 atom stereocenters. The lowest BCUT2D eigenvalue weighted by molar-refractivity contribution is -0.384. The Labute approximate surface area is 92.3 Å². The van der Waals surface area contributed by atoms with Gasteiger partial charge in [-0.05, 0) is 12.5 Å². The van der Waals surface area contributed by atoms with Gasteiger partial charge < -0.3 is 4.74 Å². The zero-order valence-corrected chi connectivity index (χ0v) is 8.74. The Kier molecular flexibility index (Phi) is 4.12. The number of nitro groups is 1. The van der Waals surface area contributed by atoms with Gasteiger partial charge in [0.05, 0.1) is 22.6 Å². The molecule has 5 heteroatoms. The maximum Gasteiger partial charge on any atom is 0.273 e. The molecule has 0 N–H and O–H groups in total. The minimum atomic E-state index is -0.489. The van der Waals surface area contributed by atoms with Gasteiger partial charge in [-0.3, -0.25) is 10.1 Å². The Morgan fingerprint density at radius 1 is 1.60 bits per heavy atom. The van der Waals surface area contributed by atoms with Crippen LogP contribution in [-0.2, 0) is 0 Å². The van der Waals surface area contributed by atoms with Crippen LogP contribution in [0, 0.1) is 10.1 Å². The minimum absolute atomic E-state index is 0.0343. The van der Waals surface area contributed by atoms with Gasteiger partial charge in [-0.15, -0.1) is 6.58 Å². The molecule has 4 nitrogen and oxygen atoms in total. The summed E-state index contributed by atoms with van der Waals surface area (Å²) in [4.78, 5) is 10.00. The maximum atomic E-state index is 10.5. The average molecular weight is 228 g/mol. The molecule has 0 radical (unpaired) electrons. The first-order valence-corrected chi connectivity index (χ1v) is 4.70. The van der Waals surface area contributed by atoms with Crippen LogP contribution in [0.1, 0.15) is 6.42 Å². The molecule has 1 aromatic rings. The summed E-state index contributed by atoms with van der Waals surface area (Å²) in [5.74, 6) is 0.327. The fourth-order valence-electron chi connectivity index (χ4n) is 0.968. The van der Waals surface area contributed by atoms with Gasteiger partial charge in [0.15, 0.2) is 0 Å². The number of hydrogen-bond donors (Lipinski definition) is 0. The molecule has 0 aromatic heterocycles. The summed E-state index contributed by atoms with van der Waals surface area (Å²) in [6, 6.07) is 4.09. The number of rotatable bonds is 5. The largest absolute Gasteiger partial charge is 0.491 e. The summed E-state index contributed by atoms with van der Waals surface area (Å²) >= 11 is 5.81. The standard InChI is InChI=1S/C10H10ClNO3/c1-2-3-6-15-10-7-8(12(13)14)4-5-9(10)11/h2,4-5,7H,1,3,6H2. The van der Waals surface area contributed by atoms with Crippen LogP contribution >= 0.6 is 11.6 Å². The third kappa shape index (κ3) is 3.25. The van der Waals surface area contributed by atoms with Crippen molar-refractivity contribution < 1.29 is 9.66 Å². The van der Waals surface area contributed by atoms with E-state index < -0.39 is 4.92 Å². The van der Waals surface area contributed by atoms with Crippen molar-refractivity contribution in [1.82, 2.24) is 0 Å². The maximum absolute atomic E-state index is 10.5. The first-order valence-electron chi connectivity index (χ1n) is 4.33. The van der Waals surface area contributed by atoms with Crippen LogP contribution in [0.3, 0.4) is 0 Å². The molecule has 15 heavy (non-hydrogen) atoms. The Morgan fingerprint density at radius 2 is 2.33 bits per heavy atom. The van der Waals surface area contributed by atoms with E-state index in [0.717, 1.165) is 0 Å². The van der Waals surface area contributed by atoms with Crippen molar-refractivity contribution in [3.8, 4) is 5.75 Å². The van der Waals surface area contributed by atoms with E-state index in [-0.39, 0.29) is 5.69 Å². The van der Waals surface area contributed by atoms with Crippen molar-refractivity contribution in [3.05, 3.63) is 46.0 Å². The molecule has 0 spiro atoms. The van der Waals surface area contributed by atoms with Crippen molar-refractivity contribution in [2.24, 2.45) is 0 Å². The molecule has 0 aliphatic heterocycles. The quantitative estimate of drug-likeness (QED) is 0.336. The van der Waals surface area contributed by atoms with Crippen molar-refractivity contribution in [1.29, 1.82) is 0 Å². The molecule has 0 aliphatic carbocycles. The number of non-ortho nitro benzene ring substituents is 1. The first kappa shape index (κ1) is 11.5. The van der Waals surface area contributed by atoms with Gasteiger partial charge in [0.1, 0.15) is 5.75 Å². The Bertz CT molecular complexity index is 379. The molecular weight excluding hydrogens is 218 g/mol. The van der Waals surface area contributed by atoms with E-state index in [1.807, 2.05) is 0 Å². The average Bonchev–Trinajstić information content (AvgIpc) is 2.20. The molecular formula is C10H10ClNO3. The fraction of sp³-hybridized carbons (Fsp3) is 0.200. The number of ether oxygens (including phenoxy) is 1. The molecule has 0 saturated carbocycles. The van der Waals surface area contributed by atoms with E-state index in [1.165, 1.54) is 18.2 Å². The predicted octanol–water partition coefficient (Wildman–Crippen LogP) is 3.20. The molecule has 0 fully saturated rings. The monoisotopic (exact) mass is 227 g/mol. The fourth-order valence-corrected chi connectivity index (χ4v) is 1.14. The van der Waals surface area contributed by atoms with Gasteiger partial charge in [0.2, 0.25) is 0 Å². The van der Waals surface area contributed by atoms with Crippen molar-refractivity contribution >= 4 is 17.3 Å². The van der Waals surface area contributed by atoms with Gasteiger partial charge in [-0.2, -0.15) is 0 Å². The van der Waals surface area contributed by atoms with E-state index in [0.29, 0.717) is 23.8 Å². The number of nitro benzene ring substituents is 1. The van der Waals surface area contributed by atoms with Crippen molar-refractivity contribution in [2.45, 2.75) is 6.42 Å². The highest BCUT2D eigenvalue weighted by molar-refractivity contribution is 6.32. The molecule has 0 bridgehead atoms. The number of hydrogen-bond acceptors (Lipinski definition) is 3. The highest BCUT2D eigenvalue weighted by atomic mass is 35.5. The van der Waals surface area contributed by atoms with Crippen LogP contribution in [0.2, 0.25) is 5.02 Å². The summed E-state index contributed by atoms with van der Waals surface area (Å²) in [5, 5.41) is 10.9. The third-order valence-corrected chi connectivity index (χ3v) is 2.02. The highest BCUT2D eigenvalue weighted by Crippen LogP contribution is 2.28. The summed E-state index contributed by atoms with van der Waals surface area (Å²) in [7, 11) is 0. The van der Waals surface area contributed by atoms with Gasteiger partial charge in [0, 0.05) is 6.07 Å². The molecule has 0 amide bonds. The summed E-state index contributed by atoms with van der Waals surface area (Å²) < 4.78 is 5.26. The SMILES string of the molecule is C=CCCOc1cc([N+](=O)[O-])ccc1Cl. The van der Waals surface area contributed by atoms with Crippen LogP contribution in [-0.4, -0.2) is 11.5 Å². The second-order valence-electron chi connectivity index (χ2n) is 2.80. The topological polar surface area (TPSA) is 52.4 Å². The molecule has 1 rings (SSSR count). The van der Waals surface area contributed by atoms with Crippen LogP contribution in [0.25, 0.3) is 0 Å². The van der Waals surface area contributed by atoms with Crippen LogP contribution < -0.4 is 4.74 Å². The second kappa shape index (κ2) is 5.36. The van der Waals surface area contributed by atoms with Gasteiger partial charge in [-0.1, -0.05) is 17.7 Å². The van der Waals surface area contributed by atoms with Gasteiger partial charge in [-0.25, -0.2) is 0 Å². The Balaban J connectivity index is 2.80. The molecule has 0 heterocycles. The molecule has 0 aliphatic rings. The summed E-state index contributed by atoms with van der Waals surface area (Å²) in [6.07, 6.45) is 2.37. The Hall–Kier alpha value is -1.55. The predicted molar refractivity (Wildman–Crippen MR) is 58.4 cm³/mol. The number of halogens is 1. The van der Waals surface area contributed by atoms with Gasteiger partial charge >= 0.3 is 0 Å². The smallest absolute Gasteiger partial charge is 0.273 e. The zero-order valence-electron chi connectivity index (χ0n) is 7.98. The second-order valence-corrected chi connectivity index (χ2v) is 3.20. The third-order valence-electron chi connectivity index (χ3n) is 1.71. The van der Waals surface area contributed by atoms with E-state index in [2.05, 4.69) is 6.58 Å². The van der Waals surface area contributed by atoms with E-state index >= 15 is 0 Å². The number of nitrogens with zero attached hydrogens (tertiary/aromatic N) is 1. The van der Waals surface area contributed by atoms with E-state index in [1.54, 1.807) is 6.08 Å². The van der Waals surface area contributed by atoms with E-state index in [9.17, 15) is 10.1 Å². The lowest BCUT2D eigenvalue weighted by Crippen LogP contribution is -1.97. The molecule has 0 saturated heterocycles. The zero-order chi connectivity index (χ0) is 11.3. The molecule has 0 unspecified atom stereocenters.